The van der Waals surface area contributed by atoms with Gasteiger partial charge in [-0.1, -0.05) is 13.3 Å². The molecular formula is C15H20N4O3. The summed E-state index contributed by atoms with van der Waals surface area (Å²) >= 11 is 0. The fourth-order valence-electron chi connectivity index (χ4n) is 2.36. The molecule has 1 amide bonds. The average Bonchev–Trinajstić information content (AvgIpc) is 2.84. The maximum absolute atomic E-state index is 12.3. The van der Waals surface area contributed by atoms with Crippen molar-refractivity contribution in [3.05, 3.63) is 29.2 Å². The van der Waals surface area contributed by atoms with Crippen molar-refractivity contribution in [3.8, 4) is 0 Å². The zero-order valence-electron chi connectivity index (χ0n) is 13.0. The highest BCUT2D eigenvalue weighted by atomic mass is 16.4. The molecule has 2 heterocycles. The molecular weight excluding hydrogens is 284 g/mol. The van der Waals surface area contributed by atoms with E-state index in [0.29, 0.717) is 23.3 Å². The molecule has 0 fully saturated rings. The van der Waals surface area contributed by atoms with Gasteiger partial charge in [-0.15, -0.1) is 0 Å². The van der Waals surface area contributed by atoms with Gasteiger partial charge in [0.2, 0.25) is 0 Å². The highest BCUT2D eigenvalue weighted by Crippen LogP contribution is 2.11. The number of carbonyl (C=O) groups excluding carboxylic acids is 1. The molecule has 0 spiro atoms. The third kappa shape index (κ3) is 3.24. The number of hydrogen-bond acceptors (Lipinski definition) is 4. The molecule has 0 bridgehead atoms. The lowest BCUT2D eigenvalue weighted by Gasteiger charge is -2.13. The van der Waals surface area contributed by atoms with Crippen LogP contribution >= 0.6 is 0 Å². The van der Waals surface area contributed by atoms with Crippen LogP contribution in [0.5, 0.6) is 0 Å². The van der Waals surface area contributed by atoms with Gasteiger partial charge in [-0.2, -0.15) is 5.10 Å². The van der Waals surface area contributed by atoms with Crippen LogP contribution in [0.3, 0.4) is 0 Å². The van der Waals surface area contributed by atoms with E-state index in [9.17, 15) is 9.59 Å². The number of carboxylic acid groups (broad SMARTS) is 1. The summed E-state index contributed by atoms with van der Waals surface area (Å²) < 4.78 is 1.62. The van der Waals surface area contributed by atoms with E-state index in [2.05, 4.69) is 15.4 Å². The Labute approximate surface area is 128 Å². The number of carbonyl (C=O) groups is 2. The van der Waals surface area contributed by atoms with Crippen LogP contribution < -0.4 is 5.32 Å². The Balaban J connectivity index is 2.15. The zero-order chi connectivity index (χ0) is 16.3. The van der Waals surface area contributed by atoms with Crippen LogP contribution in [0.2, 0.25) is 0 Å². The molecule has 2 rings (SSSR count). The molecule has 118 valence electrons. The summed E-state index contributed by atoms with van der Waals surface area (Å²) in [5.74, 6) is -1.80. The van der Waals surface area contributed by atoms with Crippen LogP contribution in [0.15, 0.2) is 12.3 Å². The Morgan fingerprint density at radius 3 is 2.77 bits per heavy atom. The minimum absolute atomic E-state index is 0.109. The van der Waals surface area contributed by atoms with Crippen molar-refractivity contribution in [2.24, 2.45) is 5.92 Å². The van der Waals surface area contributed by atoms with E-state index < -0.39 is 11.9 Å². The van der Waals surface area contributed by atoms with Crippen molar-refractivity contribution in [3.63, 3.8) is 0 Å². The Morgan fingerprint density at radius 2 is 2.14 bits per heavy atom. The van der Waals surface area contributed by atoms with Crippen molar-refractivity contribution in [2.45, 2.75) is 33.6 Å². The van der Waals surface area contributed by atoms with E-state index in [1.54, 1.807) is 11.4 Å². The molecule has 2 N–H and O–H groups in total. The summed E-state index contributed by atoms with van der Waals surface area (Å²) in [6.45, 7) is 5.67. The molecule has 7 heteroatoms. The van der Waals surface area contributed by atoms with Gasteiger partial charge in [0.1, 0.15) is 0 Å². The van der Waals surface area contributed by atoms with Crippen LogP contribution in [-0.2, 0) is 4.79 Å². The third-order valence-electron chi connectivity index (χ3n) is 3.59. The number of nitrogens with one attached hydrogen (secondary N) is 1. The Bertz CT molecular complexity index is 708. The number of aryl methyl sites for hydroxylation is 2. The lowest BCUT2D eigenvalue weighted by atomic mass is 10.0. The van der Waals surface area contributed by atoms with Gasteiger partial charge in [0.15, 0.2) is 5.65 Å². The monoisotopic (exact) mass is 304 g/mol. The first-order valence-corrected chi connectivity index (χ1v) is 7.27. The van der Waals surface area contributed by atoms with E-state index in [1.807, 2.05) is 19.9 Å². The van der Waals surface area contributed by atoms with Crippen LogP contribution in [0.4, 0.5) is 0 Å². The second-order valence-electron chi connectivity index (χ2n) is 5.35. The van der Waals surface area contributed by atoms with Gasteiger partial charge in [0.25, 0.3) is 5.91 Å². The Hall–Kier alpha value is -2.44. The largest absolute Gasteiger partial charge is 0.481 e. The van der Waals surface area contributed by atoms with Crippen LogP contribution in [-0.4, -0.2) is 38.1 Å². The molecule has 0 saturated carbocycles. The maximum atomic E-state index is 12.3. The standard InChI is InChI=1S/C15H20N4O3/c1-4-5-11(15(21)22)7-17-14(20)12-8-16-13-6-9(2)18-19(13)10(12)3/h6,8,11H,4-5,7H2,1-3H3,(H,17,20)(H,21,22). The van der Waals surface area contributed by atoms with Gasteiger partial charge in [-0.3, -0.25) is 9.59 Å². The molecule has 0 aliphatic rings. The molecule has 0 aliphatic carbocycles. The highest BCUT2D eigenvalue weighted by molar-refractivity contribution is 5.95. The third-order valence-corrected chi connectivity index (χ3v) is 3.59. The second kappa shape index (κ2) is 6.55. The Morgan fingerprint density at radius 1 is 1.41 bits per heavy atom. The molecule has 1 atom stereocenters. The smallest absolute Gasteiger partial charge is 0.308 e. The number of nitrogens with zero attached hydrogens (tertiary/aromatic N) is 3. The topological polar surface area (TPSA) is 96.6 Å². The molecule has 1 unspecified atom stereocenters. The Kier molecular flexibility index (Phi) is 4.75. The van der Waals surface area contributed by atoms with Crippen LogP contribution in [0.1, 0.15) is 41.5 Å². The number of amides is 1. The van der Waals surface area contributed by atoms with Crippen LogP contribution in [0.25, 0.3) is 5.65 Å². The average molecular weight is 304 g/mol. The summed E-state index contributed by atoms with van der Waals surface area (Å²) in [6, 6.07) is 1.83. The normalized spacial score (nSPS) is 12.3. The van der Waals surface area contributed by atoms with Gasteiger partial charge in [-0.25, -0.2) is 9.50 Å². The number of aromatic nitrogens is 3. The number of fused-ring (bicyclic) bond motifs is 1. The first-order valence-electron chi connectivity index (χ1n) is 7.27. The minimum Gasteiger partial charge on any atom is -0.481 e. The van der Waals surface area contributed by atoms with E-state index in [4.69, 9.17) is 5.11 Å². The molecule has 0 aliphatic heterocycles. The van der Waals surface area contributed by atoms with Gasteiger partial charge < -0.3 is 10.4 Å². The summed E-state index contributed by atoms with van der Waals surface area (Å²) in [5, 5.41) is 16.1. The van der Waals surface area contributed by atoms with Crippen LogP contribution in [0, 0.1) is 19.8 Å². The van der Waals surface area contributed by atoms with E-state index >= 15 is 0 Å². The molecule has 22 heavy (non-hydrogen) atoms. The SMILES string of the molecule is CCCC(CNC(=O)c1cnc2cc(C)nn2c1C)C(=O)O. The molecule has 7 nitrogen and oxygen atoms in total. The minimum atomic E-state index is -0.893. The summed E-state index contributed by atoms with van der Waals surface area (Å²) in [6.07, 6.45) is 2.78. The van der Waals surface area contributed by atoms with Crippen molar-refractivity contribution < 1.29 is 14.7 Å². The lowest BCUT2D eigenvalue weighted by Crippen LogP contribution is -2.33. The maximum Gasteiger partial charge on any atom is 0.308 e. The number of carboxylic acids is 1. The van der Waals surface area contributed by atoms with E-state index in [1.165, 1.54) is 6.20 Å². The predicted octanol–water partition coefficient (Wildman–Crippen LogP) is 1.58. The fraction of sp³-hybridized carbons (Fsp3) is 0.467. The summed E-state index contributed by atoms with van der Waals surface area (Å²) in [4.78, 5) is 27.6. The van der Waals surface area contributed by atoms with Crippen molar-refractivity contribution in [2.75, 3.05) is 6.54 Å². The lowest BCUT2D eigenvalue weighted by molar-refractivity contribution is -0.141. The van der Waals surface area contributed by atoms with E-state index in [-0.39, 0.29) is 12.5 Å². The zero-order valence-corrected chi connectivity index (χ0v) is 13.0. The molecule has 0 aromatic carbocycles. The quantitative estimate of drug-likeness (QED) is 0.844. The molecule has 2 aromatic rings. The van der Waals surface area contributed by atoms with Gasteiger partial charge >= 0.3 is 5.97 Å². The van der Waals surface area contributed by atoms with Crippen molar-refractivity contribution in [1.82, 2.24) is 19.9 Å². The van der Waals surface area contributed by atoms with Gasteiger partial charge in [0.05, 0.1) is 22.9 Å². The van der Waals surface area contributed by atoms with Gasteiger partial charge in [0, 0.05) is 18.8 Å². The first kappa shape index (κ1) is 15.9. The van der Waals surface area contributed by atoms with Gasteiger partial charge in [-0.05, 0) is 20.3 Å². The summed E-state index contributed by atoms with van der Waals surface area (Å²) in [5.41, 5.74) is 2.58. The highest BCUT2D eigenvalue weighted by Gasteiger charge is 2.19. The number of hydrogen-bond donors (Lipinski definition) is 2. The predicted molar refractivity (Wildman–Crippen MR) is 80.8 cm³/mol. The van der Waals surface area contributed by atoms with Crippen molar-refractivity contribution >= 4 is 17.5 Å². The number of rotatable bonds is 6. The molecule has 2 aromatic heterocycles. The van der Waals surface area contributed by atoms with Crippen molar-refractivity contribution in [1.29, 1.82) is 0 Å². The first-order chi connectivity index (χ1) is 10.4. The van der Waals surface area contributed by atoms with E-state index in [0.717, 1.165) is 12.1 Å². The molecule has 0 radical (unpaired) electrons. The summed E-state index contributed by atoms with van der Waals surface area (Å²) in [7, 11) is 0. The number of aliphatic carboxylic acids is 1. The second-order valence-corrected chi connectivity index (χ2v) is 5.35. The molecule has 0 saturated heterocycles. The fourth-order valence-corrected chi connectivity index (χ4v) is 2.36.